The van der Waals surface area contributed by atoms with Crippen LogP contribution < -0.4 is 4.74 Å². The van der Waals surface area contributed by atoms with E-state index < -0.39 is 0 Å². The van der Waals surface area contributed by atoms with Crippen LogP contribution in [0.1, 0.15) is 29.0 Å². The molecule has 0 heterocycles. The van der Waals surface area contributed by atoms with Crippen LogP contribution in [0.3, 0.4) is 0 Å². The maximum absolute atomic E-state index is 6.58. The van der Waals surface area contributed by atoms with Crippen molar-refractivity contribution in [1.82, 2.24) is 0 Å². The molecule has 0 aliphatic heterocycles. The molecule has 0 N–H and O–H groups in total. The van der Waals surface area contributed by atoms with Gasteiger partial charge >= 0.3 is 0 Å². The molecule has 3 heteroatoms. The van der Waals surface area contributed by atoms with Gasteiger partial charge in [0.05, 0.1) is 16.5 Å². The smallest absolute Gasteiger partial charge is 0.133 e. The Morgan fingerprint density at radius 1 is 1.21 bits per heavy atom. The molecule has 2 aromatic carbocycles. The summed E-state index contributed by atoms with van der Waals surface area (Å²) < 4.78 is 6.45. The molecule has 0 bridgehead atoms. The minimum absolute atomic E-state index is 0.145. The molecule has 0 radical (unpaired) electrons. The molecule has 1 unspecified atom stereocenters. The highest BCUT2D eigenvalue weighted by Crippen LogP contribution is 2.35. The van der Waals surface area contributed by atoms with Crippen molar-refractivity contribution >= 4 is 27.5 Å². The van der Waals surface area contributed by atoms with Crippen LogP contribution in [0, 0.1) is 6.92 Å². The molecule has 1 atom stereocenters. The first kappa shape index (κ1) is 14.4. The van der Waals surface area contributed by atoms with Crippen LogP contribution >= 0.6 is 27.5 Å². The SMILES string of the molecule is CCOc1ccc(C(Cl)c2ccccc2C)cc1Br. The average molecular weight is 340 g/mol. The summed E-state index contributed by atoms with van der Waals surface area (Å²) >= 11 is 10.1. The Bertz CT molecular complexity index is 568. The summed E-state index contributed by atoms with van der Waals surface area (Å²) in [5.41, 5.74) is 3.40. The number of alkyl halides is 1. The largest absolute Gasteiger partial charge is 0.493 e. The van der Waals surface area contributed by atoms with Gasteiger partial charge in [0.2, 0.25) is 0 Å². The Balaban J connectivity index is 2.32. The topological polar surface area (TPSA) is 9.23 Å². The standard InChI is InChI=1S/C16H16BrClO/c1-3-19-15-9-8-12(10-14(15)17)16(18)13-7-5-4-6-11(13)2/h4-10,16H,3H2,1-2H3. The number of aryl methyl sites for hydroxylation is 1. The summed E-state index contributed by atoms with van der Waals surface area (Å²) in [5.74, 6) is 0.847. The molecule has 100 valence electrons. The minimum Gasteiger partial charge on any atom is -0.493 e. The maximum Gasteiger partial charge on any atom is 0.133 e. The summed E-state index contributed by atoms with van der Waals surface area (Å²) in [7, 11) is 0. The van der Waals surface area contributed by atoms with Crippen LogP contribution in [0.2, 0.25) is 0 Å². The van der Waals surface area contributed by atoms with Gasteiger partial charge in [-0.15, -0.1) is 11.6 Å². The first-order chi connectivity index (χ1) is 9.13. The number of halogens is 2. The van der Waals surface area contributed by atoms with Crippen molar-refractivity contribution in [2.24, 2.45) is 0 Å². The van der Waals surface area contributed by atoms with Gasteiger partial charge in [-0.3, -0.25) is 0 Å². The minimum atomic E-state index is -0.145. The lowest BCUT2D eigenvalue weighted by molar-refractivity contribution is 0.338. The van der Waals surface area contributed by atoms with Crippen molar-refractivity contribution < 1.29 is 4.74 Å². The molecule has 0 aliphatic rings. The van der Waals surface area contributed by atoms with E-state index in [4.69, 9.17) is 16.3 Å². The second-order valence-electron chi connectivity index (χ2n) is 4.34. The molecular weight excluding hydrogens is 324 g/mol. The van der Waals surface area contributed by atoms with Crippen molar-refractivity contribution in [3.63, 3.8) is 0 Å². The van der Waals surface area contributed by atoms with E-state index in [0.717, 1.165) is 21.3 Å². The Morgan fingerprint density at radius 3 is 2.58 bits per heavy atom. The molecule has 2 rings (SSSR count). The van der Waals surface area contributed by atoms with E-state index in [9.17, 15) is 0 Å². The normalized spacial score (nSPS) is 12.2. The lowest BCUT2D eigenvalue weighted by Crippen LogP contribution is -1.98. The number of rotatable bonds is 4. The fraction of sp³-hybridized carbons (Fsp3) is 0.250. The van der Waals surface area contributed by atoms with Gasteiger partial charge in [-0.05, 0) is 58.6 Å². The first-order valence-electron chi connectivity index (χ1n) is 6.25. The van der Waals surface area contributed by atoms with Gasteiger partial charge in [0.1, 0.15) is 5.75 Å². The van der Waals surface area contributed by atoms with Gasteiger partial charge < -0.3 is 4.74 Å². The highest BCUT2D eigenvalue weighted by molar-refractivity contribution is 9.10. The highest BCUT2D eigenvalue weighted by atomic mass is 79.9. The van der Waals surface area contributed by atoms with Crippen molar-refractivity contribution in [2.75, 3.05) is 6.61 Å². The van der Waals surface area contributed by atoms with E-state index in [2.05, 4.69) is 35.0 Å². The van der Waals surface area contributed by atoms with E-state index in [1.54, 1.807) is 0 Å². The van der Waals surface area contributed by atoms with Gasteiger partial charge in [0.25, 0.3) is 0 Å². The third-order valence-corrected chi connectivity index (χ3v) is 4.12. The first-order valence-corrected chi connectivity index (χ1v) is 7.48. The summed E-state index contributed by atoms with van der Waals surface area (Å²) in [6.45, 7) is 4.70. The summed E-state index contributed by atoms with van der Waals surface area (Å²) in [4.78, 5) is 0. The van der Waals surface area contributed by atoms with E-state index in [1.807, 2.05) is 37.3 Å². The predicted octanol–water partition coefficient (Wildman–Crippen LogP) is 5.48. The molecule has 0 aliphatic carbocycles. The Labute approximate surface area is 127 Å². The molecule has 0 saturated heterocycles. The second kappa shape index (κ2) is 6.44. The fourth-order valence-electron chi connectivity index (χ4n) is 2.00. The molecule has 1 nitrogen and oxygen atoms in total. The molecule has 0 spiro atoms. The molecule has 0 aromatic heterocycles. The number of hydrogen-bond donors (Lipinski definition) is 0. The fourth-order valence-corrected chi connectivity index (χ4v) is 2.89. The van der Waals surface area contributed by atoms with Crippen molar-refractivity contribution in [1.29, 1.82) is 0 Å². The zero-order valence-electron chi connectivity index (χ0n) is 11.0. The van der Waals surface area contributed by atoms with E-state index >= 15 is 0 Å². The van der Waals surface area contributed by atoms with E-state index in [0.29, 0.717) is 6.61 Å². The van der Waals surface area contributed by atoms with Gasteiger partial charge in [0, 0.05) is 0 Å². The van der Waals surface area contributed by atoms with Crippen LogP contribution in [0.15, 0.2) is 46.9 Å². The van der Waals surface area contributed by atoms with Crippen molar-refractivity contribution in [3.8, 4) is 5.75 Å². The Kier molecular flexibility index (Phi) is 4.89. The van der Waals surface area contributed by atoms with Crippen LogP contribution in [-0.4, -0.2) is 6.61 Å². The van der Waals surface area contributed by atoms with Crippen LogP contribution in [0.25, 0.3) is 0 Å². The van der Waals surface area contributed by atoms with Crippen molar-refractivity contribution in [2.45, 2.75) is 19.2 Å². The summed E-state index contributed by atoms with van der Waals surface area (Å²) in [5, 5.41) is -0.145. The van der Waals surface area contributed by atoms with Crippen molar-refractivity contribution in [3.05, 3.63) is 63.6 Å². The van der Waals surface area contributed by atoms with Gasteiger partial charge in [0.15, 0.2) is 0 Å². The second-order valence-corrected chi connectivity index (χ2v) is 5.63. The van der Waals surface area contributed by atoms with E-state index in [1.165, 1.54) is 5.56 Å². The number of benzene rings is 2. The molecule has 0 saturated carbocycles. The zero-order valence-corrected chi connectivity index (χ0v) is 13.3. The monoisotopic (exact) mass is 338 g/mol. The lowest BCUT2D eigenvalue weighted by atomic mass is 10.00. The highest BCUT2D eigenvalue weighted by Gasteiger charge is 2.14. The average Bonchev–Trinajstić information content (AvgIpc) is 2.41. The van der Waals surface area contributed by atoms with Gasteiger partial charge in [-0.25, -0.2) is 0 Å². The zero-order chi connectivity index (χ0) is 13.8. The van der Waals surface area contributed by atoms with Crippen LogP contribution in [-0.2, 0) is 0 Å². The number of hydrogen-bond acceptors (Lipinski definition) is 1. The van der Waals surface area contributed by atoms with E-state index in [-0.39, 0.29) is 5.38 Å². The van der Waals surface area contributed by atoms with Gasteiger partial charge in [-0.2, -0.15) is 0 Å². The third kappa shape index (κ3) is 3.31. The Morgan fingerprint density at radius 2 is 1.95 bits per heavy atom. The molecule has 2 aromatic rings. The Hall–Kier alpha value is -0.990. The summed E-state index contributed by atoms with van der Waals surface area (Å²) in [6, 6.07) is 14.2. The third-order valence-electron chi connectivity index (χ3n) is 3.01. The van der Waals surface area contributed by atoms with Gasteiger partial charge in [-0.1, -0.05) is 30.3 Å². The molecule has 0 amide bonds. The van der Waals surface area contributed by atoms with Crippen LogP contribution in [0.5, 0.6) is 5.75 Å². The summed E-state index contributed by atoms with van der Waals surface area (Å²) in [6.07, 6.45) is 0. The maximum atomic E-state index is 6.58. The van der Waals surface area contributed by atoms with Crippen LogP contribution in [0.4, 0.5) is 0 Å². The number of ether oxygens (including phenoxy) is 1. The predicted molar refractivity (Wildman–Crippen MR) is 84.2 cm³/mol. The molecular formula is C16H16BrClO. The lowest BCUT2D eigenvalue weighted by Gasteiger charge is -2.15. The quantitative estimate of drug-likeness (QED) is 0.670. The molecule has 0 fully saturated rings. The molecule has 19 heavy (non-hydrogen) atoms.